The van der Waals surface area contributed by atoms with Crippen LogP contribution in [0.4, 0.5) is 0 Å². The molecule has 1 saturated heterocycles. The number of carbonyl (C=O) groups is 1. The number of ketones is 1. The van der Waals surface area contributed by atoms with E-state index < -0.39 is 0 Å². The van der Waals surface area contributed by atoms with Gasteiger partial charge in [-0.05, 0) is 43.5 Å². The van der Waals surface area contributed by atoms with Crippen molar-refractivity contribution >= 4 is 17.4 Å². The number of hydrogen-bond donors (Lipinski definition) is 0. The number of allylic oxidation sites excluding steroid dienone is 2. The van der Waals surface area contributed by atoms with Gasteiger partial charge in [0.2, 0.25) is 0 Å². The van der Waals surface area contributed by atoms with Crippen LogP contribution >= 0.6 is 11.6 Å². The second-order valence-corrected chi connectivity index (χ2v) is 4.82. The highest BCUT2D eigenvalue weighted by Crippen LogP contribution is 2.19. The molecule has 0 saturated carbocycles. The van der Waals surface area contributed by atoms with E-state index in [1.165, 1.54) is 12.8 Å². The summed E-state index contributed by atoms with van der Waals surface area (Å²) in [7, 11) is 2.04. The Morgan fingerprint density at radius 2 is 2.00 bits per heavy atom. The predicted octanol–water partition coefficient (Wildman–Crippen LogP) is 3.52. The summed E-state index contributed by atoms with van der Waals surface area (Å²) in [4.78, 5) is 14.2. The zero-order valence-electron chi connectivity index (χ0n) is 9.95. The van der Waals surface area contributed by atoms with Crippen LogP contribution < -0.4 is 0 Å². The number of hydrogen-bond acceptors (Lipinski definition) is 2. The lowest BCUT2D eigenvalue weighted by Crippen LogP contribution is -2.24. The van der Waals surface area contributed by atoms with Crippen LogP contribution in [0.15, 0.2) is 36.0 Å². The van der Waals surface area contributed by atoms with Crippen LogP contribution in [0.2, 0.25) is 5.02 Å². The Hall–Kier alpha value is -1.28. The molecule has 0 amide bonds. The number of piperidine rings is 1. The van der Waals surface area contributed by atoms with Gasteiger partial charge in [-0.2, -0.15) is 0 Å². The Balaban J connectivity index is 2.15. The van der Waals surface area contributed by atoms with E-state index >= 15 is 0 Å². The molecule has 0 aromatic heterocycles. The van der Waals surface area contributed by atoms with Gasteiger partial charge in [0.05, 0.1) is 0 Å². The first-order chi connectivity index (χ1) is 8.16. The van der Waals surface area contributed by atoms with E-state index in [0.29, 0.717) is 10.6 Å². The monoisotopic (exact) mass is 249 g/mol. The third-order valence-corrected chi connectivity index (χ3v) is 3.35. The lowest BCUT2D eigenvalue weighted by atomic mass is 10.0. The van der Waals surface area contributed by atoms with E-state index in [2.05, 4.69) is 4.90 Å². The number of halogens is 1. The minimum absolute atomic E-state index is 0.0606. The third-order valence-electron chi connectivity index (χ3n) is 3.09. The number of nitrogens with zero attached hydrogens (tertiary/aromatic N) is 1. The fourth-order valence-electron chi connectivity index (χ4n) is 2.02. The Morgan fingerprint density at radius 3 is 2.65 bits per heavy atom. The highest BCUT2D eigenvalue weighted by atomic mass is 35.5. The van der Waals surface area contributed by atoms with Gasteiger partial charge < -0.3 is 4.90 Å². The molecule has 0 atom stereocenters. The lowest BCUT2D eigenvalue weighted by Gasteiger charge is -2.27. The molecule has 3 heteroatoms. The van der Waals surface area contributed by atoms with Crippen LogP contribution in [-0.4, -0.2) is 24.3 Å². The van der Waals surface area contributed by atoms with Crippen molar-refractivity contribution in [3.8, 4) is 0 Å². The molecular formula is C14H16ClNO. The highest BCUT2D eigenvalue weighted by molar-refractivity contribution is 6.30. The standard InChI is InChI=1S/C14H16ClNO/c1-16-9-3-2-4-13(16)10-14(17)11-5-7-12(15)8-6-11/h5-8,10H,2-4,9H2,1H3/b13-10+. The number of carbonyl (C=O) groups excluding carboxylic acids is 1. The summed E-state index contributed by atoms with van der Waals surface area (Å²) >= 11 is 5.80. The Labute approximate surface area is 107 Å². The van der Waals surface area contributed by atoms with Crippen LogP contribution in [0.3, 0.4) is 0 Å². The van der Waals surface area contributed by atoms with Crippen molar-refractivity contribution in [1.29, 1.82) is 0 Å². The van der Waals surface area contributed by atoms with Crippen LogP contribution in [0.5, 0.6) is 0 Å². The van der Waals surface area contributed by atoms with Crippen molar-refractivity contribution in [2.45, 2.75) is 19.3 Å². The zero-order valence-corrected chi connectivity index (χ0v) is 10.7. The average Bonchev–Trinajstić information content (AvgIpc) is 2.33. The Kier molecular flexibility index (Phi) is 3.85. The van der Waals surface area contributed by atoms with Crippen molar-refractivity contribution in [3.05, 3.63) is 46.6 Å². The van der Waals surface area contributed by atoms with Crippen molar-refractivity contribution in [2.24, 2.45) is 0 Å². The minimum Gasteiger partial charge on any atom is -0.378 e. The van der Waals surface area contributed by atoms with Crippen molar-refractivity contribution in [1.82, 2.24) is 4.90 Å². The van der Waals surface area contributed by atoms with Crippen LogP contribution in [0.1, 0.15) is 29.6 Å². The molecule has 0 aliphatic carbocycles. The first-order valence-electron chi connectivity index (χ1n) is 5.88. The summed E-state index contributed by atoms with van der Waals surface area (Å²) in [6, 6.07) is 7.03. The number of likely N-dealkylation sites (tertiary alicyclic amines) is 1. The molecule has 1 aliphatic heterocycles. The van der Waals surface area contributed by atoms with Gasteiger partial charge in [0, 0.05) is 36.0 Å². The maximum absolute atomic E-state index is 12.0. The fraction of sp³-hybridized carbons (Fsp3) is 0.357. The summed E-state index contributed by atoms with van der Waals surface area (Å²) in [6.45, 7) is 1.04. The highest BCUT2D eigenvalue weighted by Gasteiger charge is 2.12. The summed E-state index contributed by atoms with van der Waals surface area (Å²) in [6.07, 6.45) is 5.13. The second-order valence-electron chi connectivity index (χ2n) is 4.39. The summed E-state index contributed by atoms with van der Waals surface area (Å²) < 4.78 is 0. The Bertz CT molecular complexity index is 436. The van der Waals surface area contributed by atoms with Crippen molar-refractivity contribution in [3.63, 3.8) is 0 Å². The van der Waals surface area contributed by atoms with Crippen LogP contribution in [0, 0.1) is 0 Å². The summed E-state index contributed by atoms with van der Waals surface area (Å²) in [5.41, 5.74) is 1.83. The SMILES string of the molecule is CN1CCCC/C1=C\C(=O)c1ccc(Cl)cc1. The molecule has 90 valence electrons. The van der Waals surface area contributed by atoms with Gasteiger partial charge in [-0.1, -0.05) is 11.6 Å². The predicted molar refractivity (Wildman–Crippen MR) is 70.3 cm³/mol. The Morgan fingerprint density at radius 1 is 1.29 bits per heavy atom. The van der Waals surface area contributed by atoms with E-state index in [4.69, 9.17) is 11.6 Å². The molecule has 1 fully saturated rings. The molecule has 1 heterocycles. The maximum atomic E-state index is 12.0. The normalized spacial score (nSPS) is 18.5. The quantitative estimate of drug-likeness (QED) is 0.590. The molecule has 1 aliphatic rings. The van der Waals surface area contributed by atoms with Gasteiger partial charge in [0.15, 0.2) is 5.78 Å². The van der Waals surface area contributed by atoms with E-state index in [-0.39, 0.29) is 5.78 Å². The van der Waals surface area contributed by atoms with Gasteiger partial charge >= 0.3 is 0 Å². The van der Waals surface area contributed by atoms with Gasteiger partial charge in [0.25, 0.3) is 0 Å². The van der Waals surface area contributed by atoms with Gasteiger partial charge in [0.1, 0.15) is 0 Å². The largest absolute Gasteiger partial charge is 0.378 e. The first-order valence-corrected chi connectivity index (χ1v) is 6.26. The first kappa shape index (κ1) is 12.2. The molecule has 0 spiro atoms. The van der Waals surface area contributed by atoms with E-state index in [9.17, 15) is 4.79 Å². The lowest BCUT2D eigenvalue weighted by molar-refractivity contribution is 0.104. The van der Waals surface area contributed by atoms with E-state index in [1.807, 2.05) is 7.05 Å². The molecule has 17 heavy (non-hydrogen) atoms. The van der Waals surface area contributed by atoms with E-state index in [0.717, 1.165) is 18.7 Å². The van der Waals surface area contributed by atoms with Crippen molar-refractivity contribution < 1.29 is 4.79 Å². The summed E-state index contributed by atoms with van der Waals surface area (Å²) in [5.74, 6) is 0.0606. The van der Waals surface area contributed by atoms with Gasteiger partial charge in [-0.15, -0.1) is 0 Å². The molecule has 1 aromatic carbocycles. The molecule has 1 aromatic rings. The average molecular weight is 250 g/mol. The number of benzene rings is 1. The fourth-order valence-corrected chi connectivity index (χ4v) is 2.15. The molecular weight excluding hydrogens is 234 g/mol. The minimum atomic E-state index is 0.0606. The van der Waals surface area contributed by atoms with Gasteiger partial charge in [-0.25, -0.2) is 0 Å². The summed E-state index contributed by atoms with van der Waals surface area (Å²) in [5, 5.41) is 0.656. The smallest absolute Gasteiger partial charge is 0.187 e. The topological polar surface area (TPSA) is 20.3 Å². The molecule has 0 unspecified atom stereocenters. The zero-order chi connectivity index (χ0) is 12.3. The molecule has 2 rings (SSSR count). The molecule has 0 bridgehead atoms. The van der Waals surface area contributed by atoms with Crippen LogP contribution in [-0.2, 0) is 0 Å². The molecule has 0 radical (unpaired) electrons. The van der Waals surface area contributed by atoms with E-state index in [1.54, 1.807) is 30.3 Å². The second kappa shape index (κ2) is 5.37. The van der Waals surface area contributed by atoms with Gasteiger partial charge in [-0.3, -0.25) is 4.79 Å². The number of rotatable bonds is 2. The third kappa shape index (κ3) is 3.10. The van der Waals surface area contributed by atoms with Crippen molar-refractivity contribution in [2.75, 3.05) is 13.6 Å². The van der Waals surface area contributed by atoms with Crippen LogP contribution in [0.25, 0.3) is 0 Å². The maximum Gasteiger partial charge on any atom is 0.187 e. The molecule has 2 nitrogen and oxygen atoms in total. The molecule has 0 N–H and O–H groups in total.